The Morgan fingerprint density at radius 2 is 1.35 bits per heavy atom. The van der Waals surface area contributed by atoms with Gasteiger partial charge in [0.25, 0.3) is 0 Å². The summed E-state index contributed by atoms with van der Waals surface area (Å²) in [4.78, 5) is 5.60. The molecule has 0 unspecified atom stereocenters. The highest BCUT2D eigenvalue weighted by atomic mass is 15.3. The van der Waals surface area contributed by atoms with Crippen LogP contribution in [-0.4, -0.2) is 48.6 Å². The quantitative estimate of drug-likeness (QED) is 0.738. The minimum atomic E-state index is 0.518. The first-order valence-electron chi connectivity index (χ1n) is 10.5. The number of hydrogen-bond acceptors (Lipinski definition) is 2. The third-order valence-corrected chi connectivity index (χ3v) is 7.09. The Hall–Kier alpha value is -0.0800. The molecule has 2 heteroatoms. The maximum Gasteiger partial charge on any atom is 0.0113 e. The molecule has 0 spiro atoms. The van der Waals surface area contributed by atoms with Crippen LogP contribution in [0.5, 0.6) is 0 Å². The molecular weight excluding hydrogens is 280 g/mol. The maximum atomic E-state index is 2.83. The molecule has 0 bridgehead atoms. The highest BCUT2D eigenvalue weighted by Crippen LogP contribution is 2.39. The molecule has 2 aliphatic carbocycles. The van der Waals surface area contributed by atoms with E-state index < -0.39 is 0 Å². The topological polar surface area (TPSA) is 6.48 Å². The zero-order valence-corrected chi connectivity index (χ0v) is 16.0. The Kier molecular flexibility index (Phi) is 6.07. The summed E-state index contributed by atoms with van der Waals surface area (Å²) in [6.07, 6.45) is 13.3. The molecule has 0 aromatic rings. The lowest BCUT2D eigenvalue weighted by Crippen LogP contribution is -2.52. The molecule has 23 heavy (non-hydrogen) atoms. The van der Waals surface area contributed by atoms with E-state index in [0.717, 1.165) is 17.9 Å². The second-order valence-electron chi connectivity index (χ2n) is 9.71. The third kappa shape index (κ3) is 4.95. The summed E-state index contributed by atoms with van der Waals surface area (Å²) in [5.74, 6) is 1.96. The number of nitrogens with zero attached hydrogens (tertiary/aromatic N) is 2. The normalized spacial score (nSPS) is 33.0. The van der Waals surface area contributed by atoms with Crippen LogP contribution in [0.2, 0.25) is 0 Å². The van der Waals surface area contributed by atoms with E-state index in [-0.39, 0.29) is 0 Å². The van der Waals surface area contributed by atoms with Gasteiger partial charge in [0.15, 0.2) is 0 Å². The molecule has 3 fully saturated rings. The molecule has 0 atom stereocenters. The highest BCUT2D eigenvalue weighted by molar-refractivity contribution is 4.87. The van der Waals surface area contributed by atoms with Crippen molar-refractivity contribution < 1.29 is 0 Å². The summed E-state index contributed by atoms with van der Waals surface area (Å²) in [5, 5.41) is 0. The molecular formula is C21H40N2. The van der Waals surface area contributed by atoms with E-state index in [1.165, 1.54) is 90.5 Å². The average molecular weight is 321 g/mol. The smallest absolute Gasteiger partial charge is 0.0113 e. The van der Waals surface area contributed by atoms with E-state index in [2.05, 4.69) is 30.6 Å². The van der Waals surface area contributed by atoms with Gasteiger partial charge in [0.1, 0.15) is 0 Å². The summed E-state index contributed by atoms with van der Waals surface area (Å²) < 4.78 is 0. The SMILES string of the molecule is CC(C)(C)C1CCC(N2CCN(CC3CCCCC3)CC2)CC1. The Balaban J connectivity index is 1.38. The van der Waals surface area contributed by atoms with E-state index >= 15 is 0 Å². The van der Waals surface area contributed by atoms with Gasteiger partial charge in [-0.2, -0.15) is 0 Å². The van der Waals surface area contributed by atoms with Gasteiger partial charge in [-0.3, -0.25) is 4.90 Å². The molecule has 0 aromatic carbocycles. The van der Waals surface area contributed by atoms with Gasteiger partial charge in [0.2, 0.25) is 0 Å². The zero-order valence-electron chi connectivity index (χ0n) is 16.0. The summed E-state index contributed by atoms with van der Waals surface area (Å²) in [7, 11) is 0. The lowest BCUT2D eigenvalue weighted by Gasteiger charge is -2.44. The van der Waals surface area contributed by atoms with Crippen LogP contribution in [0, 0.1) is 17.3 Å². The first kappa shape index (κ1) is 17.7. The molecule has 2 saturated carbocycles. The van der Waals surface area contributed by atoms with E-state index in [1.54, 1.807) is 0 Å². The standard InChI is InChI=1S/C21H40N2/c1-21(2,3)19-9-11-20(12-10-19)23-15-13-22(14-16-23)17-18-7-5-4-6-8-18/h18-20H,4-17H2,1-3H3. The van der Waals surface area contributed by atoms with E-state index in [9.17, 15) is 0 Å². The van der Waals surface area contributed by atoms with Gasteiger partial charge in [-0.05, 0) is 55.8 Å². The summed E-state index contributed by atoms with van der Waals surface area (Å²) in [5.41, 5.74) is 0.518. The van der Waals surface area contributed by atoms with Gasteiger partial charge < -0.3 is 4.90 Å². The van der Waals surface area contributed by atoms with Crippen LogP contribution in [0.3, 0.4) is 0 Å². The van der Waals surface area contributed by atoms with E-state index in [1.807, 2.05) is 0 Å². The molecule has 134 valence electrons. The predicted molar refractivity (Wildman–Crippen MR) is 99.8 cm³/mol. The van der Waals surface area contributed by atoms with Crippen molar-refractivity contribution in [1.29, 1.82) is 0 Å². The van der Waals surface area contributed by atoms with Gasteiger partial charge in [0, 0.05) is 38.8 Å². The van der Waals surface area contributed by atoms with E-state index in [4.69, 9.17) is 0 Å². The van der Waals surface area contributed by atoms with Crippen molar-refractivity contribution >= 4 is 0 Å². The monoisotopic (exact) mass is 320 g/mol. The van der Waals surface area contributed by atoms with E-state index in [0.29, 0.717) is 5.41 Å². The summed E-state index contributed by atoms with van der Waals surface area (Å²) >= 11 is 0. The summed E-state index contributed by atoms with van der Waals surface area (Å²) in [6, 6.07) is 0.894. The van der Waals surface area contributed by atoms with Crippen molar-refractivity contribution in [3.63, 3.8) is 0 Å². The second kappa shape index (κ2) is 7.87. The Labute approximate surface area is 145 Å². The van der Waals surface area contributed by atoms with Crippen LogP contribution in [-0.2, 0) is 0 Å². The van der Waals surface area contributed by atoms with Crippen LogP contribution < -0.4 is 0 Å². The largest absolute Gasteiger partial charge is 0.301 e. The van der Waals surface area contributed by atoms with Crippen molar-refractivity contribution in [2.24, 2.45) is 17.3 Å². The summed E-state index contributed by atoms with van der Waals surface area (Å²) in [6.45, 7) is 14.0. The third-order valence-electron chi connectivity index (χ3n) is 7.09. The lowest BCUT2D eigenvalue weighted by atomic mass is 9.71. The van der Waals surface area contributed by atoms with Crippen molar-refractivity contribution in [3.05, 3.63) is 0 Å². The fourth-order valence-electron chi connectivity index (χ4n) is 5.35. The van der Waals surface area contributed by atoms with Crippen LogP contribution in [0.15, 0.2) is 0 Å². The van der Waals surface area contributed by atoms with Crippen molar-refractivity contribution in [2.75, 3.05) is 32.7 Å². The Bertz CT molecular complexity index is 337. The first-order valence-corrected chi connectivity index (χ1v) is 10.5. The fraction of sp³-hybridized carbons (Fsp3) is 1.00. The maximum absolute atomic E-state index is 2.83. The first-order chi connectivity index (χ1) is 11.0. The molecule has 1 aliphatic heterocycles. The Morgan fingerprint density at radius 3 is 1.91 bits per heavy atom. The highest BCUT2D eigenvalue weighted by Gasteiger charge is 2.33. The molecule has 0 aromatic heterocycles. The number of rotatable bonds is 3. The molecule has 1 heterocycles. The Morgan fingerprint density at radius 1 is 0.739 bits per heavy atom. The van der Waals surface area contributed by atoms with Crippen molar-refractivity contribution in [1.82, 2.24) is 9.80 Å². The number of hydrogen-bond donors (Lipinski definition) is 0. The van der Waals surface area contributed by atoms with Crippen LogP contribution in [0.1, 0.15) is 78.6 Å². The molecule has 3 rings (SSSR count). The van der Waals surface area contributed by atoms with Gasteiger partial charge in [0.05, 0.1) is 0 Å². The molecule has 0 N–H and O–H groups in total. The predicted octanol–water partition coefficient (Wildman–Crippen LogP) is 4.79. The van der Waals surface area contributed by atoms with Crippen LogP contribution in [0.4, 0.5) is 0 Å². The molecule has 3 aliphatic rings. The molecule has 2 nitrogen and oxygen atoms in total. The van der Waals surface area contributed by atoms with Crippen LogP contribution in [0.25, 0.3) is 0 Å². The van der Waals surface area contributed by atoms with Gasteiger partial charge in [-0.25, -0.2) is 0 Å². The van der Waals surface area contributed by atoms with Gasteiger partial charge in [-0.1, -0.05) is 40.0 Å². The second-order valence-corrected chi connectivity index (χ2v) is 9.71. The minimum Gasteiger partial charge on any atom is -0.301 e. The zero-order chi connectivity index (χ0) is 16.3. The van der Waals surface area contributed by atoms with Crippen molar-refractivity contribution in [3.8, 4) is 0 Å². The number of piperazine rings is 1. The van der Waals surface area contributed by atoms with Crippen molar-refractivity contribution in [2.45, 2.75) is 84.6 Å². The molecule has 1 saturated heterocycles. The average Bonchev–Trinajstić information content (AvgIpc) is 2.56. The molecule has 0 radical (unpaired) electrons. The van der Waals surface area contributed by atoms with Gasteiger partial charge >= 0.3 is 0 Å². The molecule has 0 amide bonds. The fourth-order valence-corrected chi connectivity index (χ4v) is 5.35. The lowest BCUT2D eigenvalue weighted by molar-refractivity contribution is 0.0471. The minimum absolute atomic E-state index is 0.518. The van der Waals surface area contributed by atoms with Gasteiger partial charge in [-0.15, -0.1) is 0 Å². The van der Waals surface area contributed by atoms with Crippen LogP contribution >= 0.6 is 0 Å².